The van der Waals surface area contributed by atoms with Crippen molar-refractivity contribution in [3.8, 4) is 0 Å². The maximum absolute atomic E-state index is 12.0. The van der Waals surface area contributed by atoms with E-state index < -0.39 is 12.0 Å². The highest BCUT2D eigenvalue weighted by atomic mass is 16.4. The second-order valence-electron chi connectivity index (χ2n) is 4.94. The first-order chi connectivity index (χ1) is 9.08. The topological polar surface area (TPSA) is 92.4 Å². The van der Waals surface area contributed by atoms with Gasteiger partial charge in [0.25, 0.3) is 0 Å². The molecule has 19 heavy (non-hydrogen) atoms. The van der Waals surface area contributed by atoms with E-state index in [1.807, 2.05) is 18.2 Å². The predicted octanol–water partition coefficient (Wildman–Crippen LogP) is 1.06. The van der Waals surface area contributed by atoms with Crippen LogP contribution in [0.15, 0.2) is 30.3 Å². The third kappa shape index (κ3) is 3.32. The first kappa shape index (κ1) is 13.5. The van der Waals surface area contributed by atoms with E-state index in [4.69, 9.17) is 10.8 Å². The number of carboxylic acids is 1. The average molecular weight is 262 g/mol. The molecule has 4 N–H and O–H groups in total. The summed E-state index contributed by atoms with van der Waals surface area (Å²) in [6.07, 6.45) is 1.80. The molecule has 0 aliphatic heterocycles. The summed E-state index contributed by atoms with van der Waals surface area (Å²) in [6, 6.07) is 8.35. The minimum absolute atomic E-state index is 0.0802. The van der Waals surface area contributed by atoms with Crippen LogP contribution in [0.1, 0.15) is 30.9 Å². The Hall–Kier alpha value is -1.88. The largest absolute Gasteiger partial charge is 0.481 e. The van der Waals surface area contributed by atoms with Crippen LogP contribution in [0, 0.1) is 5.92 Å². The fourth-order valence-corrected chi connectivity index (χ4v) is 2.44. The lowest BCUT2D eigenvalue weighted by Gasteiger charge is -2.17. The summed E-state index contributed by atoms with van der Waals surface area (Å²) in [4.78, 5) is 22.8. The van der Waals surface area contributed by atoms with Gasteiger partial charge in [-0.1, -0.05) is 30.3 Å². The van der Waals surface area contributed by atoms with Gasteiger partial charge in [-0.3, -0.25) is 9.59 Å². The molecule has 3 atom stereocenters. The standard InChI is InChI=1S/C14H18N2O3/c15-12(9-4-2-1-3-5-9)13(17)16-11-7-6-10(8-11)14(18)19/h1-5,10-12H,6-8,15H2,(H,16,17)(H,18,19)/t10?,11?,12-/m0/s1. The molecule has 5 nitrogen and oxygen atoms in total. The Morgan fingerprint density at radius 1 is 1.26 bits per heavy atom. The molecule has 1 fully saturated rings. The number of nitrogens with two attached hydrogens (primary N) is 1. The summed E-state index contributed by atoms with van der Waals surface area (Å²) in [6.45, 7) is 0. The summed E-state index contributed by atoms with van der Waals surface area (Å²) in [5, 5.41) is 11.7. The third-order valence-corrected chi connectivity index (χ3v) is 3.57. The van der Waals surface area contributed by atoms with Crippen molar-refractivity contribution in [3.63, 3.8) is 0 Å². The van der Waals surface area contributed by atoms with Crippen LogP contribution in [0.5, 0.6) is 0 Å². The van der Waals surface area contributed by atoms with E-state index in [1.165, 1.54) is 0 Å². The molecule has 1 aliphatic carbocycles. The molecule has 102 valence electrons. The lowest BCUT2D eigenvalue weighted by molar-refractivity contribution is -0.141. The first-order valence-electron chi connectivity index (χ1n) is 6.41. The summed E-state index contributed by atoms with van der Waals surface area (Å²) in [5.74, 6) is -1.38. The van der Waals surface area contributed by atoms with E-state index in [1.54, 1.807) is 12.1 Å². The van der Waals surface area contributed by atoms with Gasteiger partial charge in [-0.15, -0.1) is 0 Å². The number of carbonyl (C=O) groups is 2. The molecule has 1 amide bonds. The van der Waals surface area contributed by atoms with Gasteiger partial charge < -0.3 is 16.2 Å². The lowest BCUT2D eigenvalue weighted by atomic mass is 10.1. The van der Waals surface area contributed by atoms with E-state index in [0.29, 0.717) is 19.3 Å². The first-order valence-corrected chi connectivity index (χ1v) is 6.41. The molecule has 2 unspecified atom stereocenters. The van der Waals surface area contributed by atoms with Gasteiger partial charge in [-0.2, -0.15) is 0 Å². The van der Waals surface area contributed by atoms with Crippen LogP contribution in [-0.2, 0) is 9.59 Å². The molecule has 1 aromatic carbocycles. The Morgan fingerprint density at radius 3 is 2.53 bits per heavy atom. The second kappa shape index (κ2) is 5.84. The second-order valence-corrected chi connectivity index (χ2v) is 4.94. The quantitative estimate of drug-likeness (QED) is 0.756. The fraction of sp³-hybridized carbons (Fsp3) is 0.429. The minimum Gasteiger partial charge on any atom is -0.481 e. The predicted molar refractivity (Wildman–Crippen MR) is 70.3 cm³/mol. The summed E-state index contributed by atoms with van der Waals surface area (Å²) < 4.78 is 0. The Bertz CT molecular complexity index is 461. The molecule has 0 heterocycles. The molecule has 2 rings (SSSR count). The van der Waals surface area contributed by atoms with E-state index in [9.17, 15) is 9.59 Å². The van der Waals surface area contributed by atoms with E-state index in [-0.39, 0.29) is 17.9 Å². The van der Waals surface area contributed by atoms with Gasteiger partial charge in [0.2, 0.25) is 5.91 Å². The van der Waals surface area contributed by atoms with Gasteiger partial charge in [0.05, 0.1) is 5.92 Å². The highest BCUT2D eigenvalue weighted by Crippen LogP contribution is 2.26. The zero-order chi connectivity index (χ0) is 13.8. The molecule has 0 radical (unpaired) electrons. The Morgan fingerprint density at radius 2 is 1.95 bits per heavy atom. The maximum Gasteiger partial charge on any atom is 0.306 e. The molecule has 1 aromatic rings. The molecule has 1 aliphatic rings. The number of hydrogen-bond donors (Lipinski definition) is 3. The van der Waals surface area contributed by atoms with Crippen LogP contribution >= 0.6 is 0 Å². The van der Waals surface area contributed by atoms with E-state index >= 15 is 0 Å². The van der Waals surface area contributed by atoms with Crippen LogP contribution in [0.4, 0.5) is 0 Å². The average Bonchev–Trinajstić information content (AvgIpc) is 2.87. The fourth-order valence-electron chi connectivity index (χ4n) is 2.44. The van der Waals surface area contributed by atoms with Crippen molar-refractivity contribution in [2.24, 2.45) is 11.7 Å². The number of rotatable bonds is 4. The van der Waals surface area contributed by atoms with Gasteiger partial charge in [0.1, 0.15) is 6.04 Å². The van der Waals surface area contributed by atoms with Crippen LogP contribution in [0.2, 0.25) is 0 Å². The normalized spacial score (nSPS) is 23.8. The van der Waals surface area contributed by atoms with Crippen molar-refractivity contribution in [1.29, 1.82) is 0 Å². The zero-order valence-corrected chi connectivity index (χ0v) is 10.6. The number of amides is 1. The number of nitrogens with one attached hydrogen (secondary N) is 1. The van der Waals surface area contributed by atoms with Gasteiger partial charge >= 0.3 is 5.97 Å². The third-order valence-electron chi connectivity index (χ3n) is 3.57. The van der Waals surface area contributed by atoms with Gasteiger partial charge in [0.15, 0.2) is 0 Å². The number of benzene rings is 1. The van der Waals surface area contributed by atoms with Crippen molar-refractivity contribution in [3.05, 3.63) is 35.9 Å². The number of aliphatic carboxylic acids is 1. The Balaban J connectivity index is 1.90. The van der Waals surface area contributed by atoms with Crippen molar-refractivity contribution in [1.82, 2.24) is 5.32 Å². The highest BCUT2D eigenvalue weighted by molar-refractivity contribution is 5.83. The van der Waals surface area contributed by atoms with E-state index in [0.717, 1.165) is 5.56 Å². The smallest absolute Gasteiger partial charge is 0.306 e. The zero-order valence-electron chi connectivity index (χ0n) is 10.6. The number of hydrogen-bond acceptors (Lipinski definition) is 3. The molecule has 1 saturated carbocycles. The molecular weight excluding hydrogens is 244 g/mol. The molecule has 0 saturated heterocycles. The summed E-state index contributed by atoms with van der Waals surface area (Å²) in [5.41, 5.74) is 6.64. The van der Waals surface area contributed by atoms with Gasteiger partial charge in [-0.05, 0) is 24.8 Å². The SMILES string of the molecule is N[C@H](C(=O)NC1CCC(C(=O)O)C1)c1ccccc1. The Kier molecular flexibility index (Phi) is 4.16. The summed E-state index contributed by atoms with van der Waals surface area (Å²) >= 11 is 0. The van der Waals surface area contributed by atoms with Crippen LogP contribution in [0.25, 0.3) is 0 Å². The van der Waals surface area contributed by atoms with Gasteiger partial charge in [0, 0.05) is 6.04 Å². The molecule has 0 aromatic heterocycles. The van der Waals surface area contributed by atoms with Crippen molar-refractivity contribution >= 4 is 11.9 Å². The minimum atomic E-state index is -0.788. The molecular formula is C14H18N2O3. The number of carbonyl (C=O) groups excluding carboxylic acids is 1. The molecule has 5 heteroatoms. The molecule has 0 bridgehead atoms. The van der Waals surface area contributed by atoms with Crippen LogP contribution in [-0.4, -0.2) is 23.0 Å². The summed E-state index contributed by atoms with van der Waals surface area (Å²) in [7, 11) is 0. The van der Waals surface area contributed by atoms with Crippen molar-refractivity contribution in [2.75, 3.05) is 0 Å². The monoisotopic (exact) mass is 262 g/mol. The van der Waals surface area contributed by atoms with Gasteiger partial charge in [-0.25, -0.2) is 0 Å². The van der Waals surface area contributed by atoms with Crippen LogP contribution < -0.4 is 11.1 Å². The van der Waals surface area contributed by atoms with Crippen LogP contribution in [0.3, 0.4) is 0 Å². The Labute approximate surface area is 111 Å². The maximum atomic E-state index is 12.0. The molecule has 0 spiro atoms. The highest BCUT2D eigenvalue weighted by Gasteiger charge is 2.31. The lowest BCUT2D eigenvalue weighted by Crippen LogP contribution is -2.39. The number of carboxylic acid groups (broad SMARTS) is 1. The van der Waals surface area contributed by atoms with Crippen molar-refractivity contribution in [2.45, 2.75) is 31.3 Å². The van der Waals surface area contributed by atoms with Crippen molar-refractivity contribution < 1.29 is 14.7 Å². The van der Waals surface area contributed by atoms with E-state index in [2.05, 4.69) is 5.32 Å².